The van der Waals surface area contributed by atoms with Gasteiger partial charge >= 0.3 is 0 Å². The van der Waals surface area contributed by atoms with Gasteiger partial charge in [-0.2, -0.15) is 0 Å². The van der Waals surface area contributed by atoms with Crippen LogP contribution in [-0.4, -0.2) is 24.5 Å². The van der Waals surface area contributed by atoms with Crippen LogP contribution in [0.4, 0.5) is 0 Å². The molecule has 1 aliphatic carbocycles. The molecule has 1 fully saturated rings. The third kappa shape index (κ3) is 2.76. The van der Waals surface area contributed by atoms with E-state index in [-0.39, 0.29) is 0 Å². The molecule has 0 bridgehead atoms. The molecule has 1 aromatic carbocycles. The molecule has 1 aliphatic rings. The van der Waals surface area contributed by atoms with Gasteiger partial charge in [-0.3, -0.25) is 4.90 Å². The normalized spacial score (nSPS) is 23.8. The Bertz CT molecular complexity index is 400. The molecule has 100 valence electrons. The molecule has 2 nitrogen and oxygen atoms in total. The molecule has 0 amide bonds. The van der Waals surface area contributed by atoms with Crippen LogP contribution in [0.3, 0.4) is 0 Å². The maximum Gasteiger partial charge on any atom is 0.0236 e. The molecule has 0 aliphatic heterocycles. The van der Waals surface area contributed by atoms with Crippen molar-refractivity contribution in [2.45, 2.75) is 45.7 Å². The van der Waals surface area contributed by atoms with Crippen LogP contribution in [0.2, 0.25) is 0 Å². The van der Waals surface area contributed by atoms with E-state index >= 15 is 0 Å². The van der Waals surface area contributed by atoms with Crippen molar-refractivity contribution < 1.29 is 0 Å². The minimum absolute atomic E-state index is 0.676. The Morgan fingerprint density at radius 1 is 1.28 bits per heavy atom. The summed E-state index contributed by atoms with van der Waals surface area (Å²) in [6.07, 6.45) is 3.95. The molecule has 0 spiro atoms. The van der Waals surface area contributed by atoms with E-state index in [4.69, 9.17) is 5.73 Å². The first-order valence-electron chi connectivity index (χ1n) is 7.09. The zero-order valence-corrected chi connectivity index (χ0v) is 11.9. The van der Waals surface area contributed by atoms with Crippen LogP contribution < -0.4 is 5.73 Å². The van der Waals surface area contributed by atoms with E-state index in [1.165, 1.54) is 36.0 Å². The molecule has 2 rings (SSSR count). The maximum absolute atomic E-state index is 5.88. The second-order valence-corrected chi connectivity index (χ2v) is 5.77. The molecule has 0 aromatic heterocycles. The van der Waals surface area contributed by atoms with Gasteiger partial charge in [-0.05, 0) is 62.9 Å². The van der Waals surface area contributed by atoms with Gasteiger partial charge in [-0.25, -0.2) is 0 Å². The summed E-state index contributed by atoms with van der Waals surface area (Å²) in [5, 5.41) is 0. The number of hydrogen-bond donors (Lipinski definition) is 1. The van der Waals surface area contributed by atoms with E-state index in [0.717, 1.165) is 13.1 Å². The Morgan fingerprint density at radius 2 is 2.06 bits per heavy atom. The van der Waals surface area contributed by atoms with Gasteiger partial charge in [0.1, 0.15) is 0 Å². The highest BCUT2D eigenvalue weighted by atomic mass is 15.1. The summed E-state index contributed by atoms with van der Waals surface area (Å²) in [4.78, 5) is 2.51. The number of aryl methyl sites for hydroxylation is 1. The first kappa shape index (κ1) is 13.6. The van der Waals surface area contributed by atoms with Crippen molar-refractivity contribution in [3.05, 3.63) is 34.9 Å². The molecule has 1 saturated carbocycles. The Kier molecular flexibility index (Phi) is 4.41. The van der Waals surface area contributed by atoms with Gasteiger partial charge in [0, 0.05) is 12.6 Å². The molecule has 2 N–H and O–H groups in total. The monoisotopic (exact) mass is 246 g/mol. The van der Waals surface area contributed by atoms with Crippen molar-refractivity contribution in [2.75, 3.05) is 13.6 Å². The van der Waals surface area contributed by atoms with Gasteiger partial charge in [0.15, 0.2) is 0 Å². The molecule has 2 heteroatoms. The average Bonchev–Trinajstić information content (AvgIpc) is 2.83. The van der Waals surface area contributed by atoms with E-state index in [2.05, 4.69) is 44.0 Å². The third-order valence-electron chi connectivity index (χ3n) is 4.62. The third-order valence-corrected chi connectivity index (χ3v) is 4.62. The number of hydrogen-bond acceptors (Lipinski definition) is 2. The lowest BCUT2D eigenvalue weighted by Gasteiger charge is -2.29. The van der Waals surface area contributed by atoms with Gasteiger partial charge in [-0.1, -0.05) is 24.6 Å². The van der Waals surface area contributed by atoms with E-state index < -0.39 is 0 Å². The van der Waals surface area contributed by atoms with E-state index in [1.807, 2.05) is 0 Å². The van der Waals surface area contributed by atoms with Crippen molar-refractivity contribution in [1.82, 2.24) is 4.90 Å². The number of nitrogens with two attached hydrogens (primary N) is 1. The Morgan fingerprint density at radius 3 is 2.78 bits per heavy atom. The fourth-order valence-corrected chi connectivity index (χ4v) is 3.24. The molecule has 2 atom stereocenters. The molecular weight excluding hydrogens is 220 g/mol. The number of rotatable bonds is 4. The van der Waals surface area contributed by atoms with Crippen LogP contribution >= 0.6 is 0 Å². The maximum atomic E-state index is 5.88. The number of nitrogens with zero attached hydrogens (tertiary/aromatic N) is 1. The lowest BCUT2D eigenvalue weighted by Crippen LogP contribution is -2.37. The predicted molar refractivity (Wildman–Crippen MR) is 77.6 cm³/mol. The highest BCUT2D eigenvalue weighted by Crippen LogP contribution is 2.29. The lowest BCUT2D eigenvalue weighted by molar-refractivity contribution is 0.192. The number of benzene rings is 1. The van der Waals surface area contributed by atoms with Crippen molar-refractivity contribution in [1.29, 1.82) is 0 Å². The lowest BCUT2D eigenvalue weighted by atomic mass is 10.00. The Balaban J connectivity index is 2.06. The largest absolute Gasteiger partial charge is 0.330 e. The van der Waals surface area contributed by atoms with Gasteiger partial charge in [0.05, 0.1) is 0 Å². The second kappa shape index (κ2) is 5.85. The molecule has 0 heterocycles. The van der Waals surface area contributed by atoms with E-state index in [1.54, 1.807) is 0 Å². The molecule has 1 aromatic rings. The van der Waals surface area contributed by atoms with Gasteiger partial charge < -0.3 is 5.73 Å². The summed E-state index contributed by atoms with van der Waals surface area (Å²) in [5.41, 5.74) is 10.2. The van der Waals surface area contributed by atoms with Crippen LogP contribution in [0.5, 0.6) is 0 Å². The van der Waals surface area contributed by atoms with Crippen molar-refractivity contribution in [3.63, 3.8) is 0 Å². The smallest absolute Gasteiger partial charge is 0.0236 e. The zero-order chi connectivity index (χ0) is 13.1. The summed E-state index contributed by atoms with van der Waals surface area (Å²) in [5.74, 6) is 0.695. The van der Waals surface area contributed by atoms with E-state index in [0.29, 0.717) is 12.0 Å². The van der Waals surface area contributed by atoms with Crippen LogP contribution in [0.1, 0.15) is 36.0 Å². The Hall–Kier alpha value is -0.860. The molecule has 0 radical (unpaired) electrons. The summed E-state index contributed by atoms with van der Waals surface area (Å²) < 4.78 is 0. The quantitative estimate of drug-likeness (QED) is 0.885. The minimum Gasteiger partial charge on any atom is -0.330 e. The van der Waals surface area contributed by atoms with Crippen LogP contribution in [0.15, 0.2) is 18.2 Å². The molecule has 18 heavy (non-hydrogen) atoms. The molecule has 2 unspecified atom stereocenters. The first-order valence-corrected chi connectivity index (χ1v) is 7.09. The standard InChI is InChI=1S/C16H26N2/c1-12-6-4-8-15(13(12)2)11-18(3)16-9-5-7-14(16)10-17/h4,6,8,14,16H,5,7,9-11,17H2,1-3H3. The highest BCUT2D eigenvalue weighted by Gasteiger charge is 2.29. The summed E-state index contributed by atoms with van der Waals surface area (Å²) in [6.45, 7) is 6.31. The van der Waals surface area contributed by atoms with E-state index in [9.17, 15) is 0 Å². The fraction of sp³-hybridized carbons (Fsp3) is 0.625. The van der Waals surface area contributed by atoms with Crippen LogP contribution in [-0.2, 0) is 6.54 Å². The van der Waals surface area contributed by atoms with Crippen molar-refractivity contribution >= 4 is 0 Å². The fourth-order valence-electron chi connectivity index (χ4n) is 3.24. The summed E-state index contributed by atoms with van der Waals surface area (Å²) >= 11 is 0. The SMILES string of the molecule is Cc1cccc(CN(C)C2CCCC2CN)c1C. The predicted octanol–water partition coefficient (Wildman–Crippen LogP) is 2.86. The second-order valence-electron chi connectivity index (χ2n) is 5.77. The van der Waals surface area contributed by atoms with Crippen LogP contribution in [0.25, 0.3) is 0 Å². The van der Waals surface area contributed by atoms with Crippen LogP contribution in [0, 0.1) is 19.8 Å². The highest BCUT2D eigenvalue weighted by molar-refractivity contribution is 5.33. The zero-order valence-electron chi connectivity index (χ0n) is 11.9. The van der Waals surface area contributed by atoms with Gasteiger partial charge in [0.2, 0.25) is 0 Å². The first-order chi connectivity index (χ1) is 8.63. The summed E-state index contributed by atoms with van der Waals surface area (Å²) in [6, 6.07) is 7.29. The molecular formula is C16H26N2. The van der Waals surface area contributed by atoms with Gasteiger partial charge in [0.25, 0.3) is 0 Å². The topological polar surface area (TPSA) is 29.3 Å². The van der Waals surface area contributed by atoms with Crippen molar-refractivity contribution in [2.24, 2.45) is 11.7 Å². The summed E-state index contributed by atoms with van der Waals surface area (Å²) in [7, 11) is 2.25. The average molecular weight is 246 g/mol. The molecule has 0 saturated heterocycles. The van der Waals surface area contributed by atoms with Gasteiger partial charge in [-0.15, -0.1) is 0 Å². The minimum atomic E-state index is 0.676. The Labute approximate surface area is 111 Å². The van der Waals surface area contributed by atoms with Crippen molar-refractivity contribution in [3.8, 4) is 0 Å².